The molecule has 2 rings (SSSR count). The van der Waals surface area contributed by atoms with Crippen molar-refractivity contribution in [3.63, 3.8) is 0 Å². The molecule has 1 aliphatic rings. The van der Waals surface area contributed by atoms with Gasteiger partial charge in [-0.2, -0.15) is 0 Å². The molecule has 0 spiro atoms. The number of nitrogens with zero attached hydrogens (tertiary/aromatic N) is 1. The summed E-state index contributed by atoms with van der Waals surface area (Å²) >= 11 is 0. The number of aryl methyl sites for hydroxylation is 1. The van der Waals surface area contributed by atoms with Crippen LogP contribution in [-0.2, 0) is 11.2 Å². The first-order valence-corrected chi connectivity index (χ1v) is 7.18. The summed E-state index contributed by atoms with van der Waals surface area (Å²) in [4.78, 5) is 14.3. The Balaban J connectivity index is 1.90. The van der Waals surface area contributed by atoms with Crippen LogP contribution in [0.1, 0.15) is 32.8 Å². The third-order valence-electron chi connectivity index (χ3n) is 3.62. The smallest absolute Gasteiger partial charge is 0.241 e. The molecule has 3 nitrogen and oxygen atoms in total. The van der Waals surface area contributed by atoms with Gasteiger partial charge >= 0.3 is 0 Å². The molecule has 0 bridgehead atoms. The van der Waals surface area contributed by atoms with E-state index in [0.29, 0.717) is 5.92 Å². The maximum Gasteiger partial charge on any atom is 0.241 e. The molecule has 1 fully saturated rings. The second-order valence-corrected chi connectivity index (χ2v) is 5.80. The molecule has 0 aromatic heterocycles. The van der Waals surface area contributed by atoms with E-state index in [2.05, 4.69) is 38.2 Å². The van der Waals surface area contributed by atoms with E-state index in [1.54, 1.807) is 0 Å². The van der Waals surface area contributed by atoms with Crippen LogP contribution in [0.2, 0.25) is 0 Å². The summed E-state index contributed by atoms with van der Waals surface area (Å²) in [5.41, 5.74) is 1.30. The number of carbonyl (C=O) groups excluding carboxylic acids is 1. The molecule has 2 unspecified atom stereocenters. The third kappa shape index (κ3) is 3.57. The number of hydrogen-bond acceptors (Lipinski definition) is 2. The number of nitrogens with one attached hydrogen (secondary N) is 1. The van der Waals surface area contributed by atoms with Gasteiger partial charge < -0.3 is 4.90 Å². The lowest BCUT2D eigenvalue weighted by Crippen LogP contribution is -2.37. The minimum atomic E-state index is -0.0195. The highest BCUT2D eigenvalue weighted by Gasteiger charge is 2.35. The van der Waals surface area contributed by atoms with Gasteiger partial charge in [0, 0.05) is 6.54 Å². The lowest BCUT2D eigenvalue weighted by molar-refractivity contribution is -0.130. The van der Waals surface area contributed by atoms with Crippen molar-refractivity contribution in [1.82, 2.24) is 10.2 Å². The van der Waals surface area contributed by atoms with Gasteiger partial charge in [0.2, 0.25) is 5.91 Å². The van der Waals surface area contributed by atoms with Crippen molar-refractivity contribution in [3.8, 4) is 0 Å². The zero-order valence-electron chi connectivity index (χ0n) is 12.1. The molecular formula is C16H24N2O. The molecule has 3 heteroatoms. The fraction of sp³-hybridized carbons (Fsp3) is 0.562. The van der Waals surface area contributed by atoms with Crippen LogP contribution in [0, 0.1) is 5.92 Å². The van der Waals surface area contributed by atoms with Gasteiger partial charge in [-0.3, -0.25) is 10.1 Å². The summed E-state index contributed by atoms with van der Waals surface area (Å²) in [6.45, 7) is 7.21. The first-order chi connectivity index (χ1) is 9.08. The van der Waals surface area contributed by atoms with Crippen LogP contribution in [0.25, 0.3) is 0 Å². The molecule has 0 aliphatic carbocycles. The first-order valence-electron chi connectivity index (χ1n) is 7.18. The van der Waals surface area contributed by atoms with Gasteiger partial charge in [-0.25, -0.2) is 0 Å². The Labute approximate surface area is 116 Å². The average molecular weight is 260 g/mol. The van der Waals surface area contributed by atoms with E-state index < -0.39 is 0 Å². The van der Waals surface area contributed by atoms with Crippen LogP contribution >= 0.6 is 0 Å². The van der Waals surface area contributed by atoms with Gasteiger partial charge in [0.25, 0.3) is 0 Å². The molecule has 1 aliphatic heterocycles. The van der Waals surface area contributed by atoms with Crippen molar-refractivity contribution in [2.45, 2.75) is 45.8 Å². The summed E-state index contributed by atoms with van der Waals surface area (Å²) < 4.78 is 0. The van der Waals surface area contributed by atoms with Crippen molar-refractivity contribution in [2.75, 3.05) is 6.54 Å². The van der Waals surface area contributed by atoms with E-state index in [4.69, 9.17) is 0 Å². The predicted molar refractivity (Wildman–Crippen MR) is 77.7 cm³/mol. The topological polar surface area (TPSA) is 32.3 Å². The van der Waals surface area contributed by atoms with Gasteiger partial charge in [-0.15, -0.1) is 0 Å². The largest absolute Gasteiger partial charge is 0.326 e. The van der Waals surface area contributed by atoms with Crippen molar-refractivity contribution < 1.29 is 4.79 Å². The Hall–Kier alpha value is -1.35. The highest BCUT2D eigenvalue weighted by Crippen LogP contribution is 2.16. The van der Waals surface area contributed by atoms with E-state index in [-0.39, 0.29) is 18.1 Å². The van der Waals surface area contributed by atoms with E-state index in [1.165, 1.54) is 5.56 Å². The van der Waals surface area contributed by atoms with Crippen LogP contribution in [-0.4, -0.2) is 29.6 Å². The van der Waals surface area contributed by atoms with Crippen LogP contribution in [0.4, 0.5) is 0 Å². The minimum Gasteiger partial charge on any atom is -0.326 e. The number of hydrogen-bond donors (Lipinski definition) is 1. The molecule has 1 heterocycles. The number of carbonyl (C=O) groups is 1. The Morgan fingerprint density at radius 3 is 2.58 bits per heavy atom. The predicted octanol–water partition coefficient (Wildman–Crippen LogP) is 2.42. The molecule has 1 aromatic carbocycles. The Bertz CT molecular complexity index is 416. The van der Waals surface area contributed by atoms with Crippen LogP contribution < -0.4 is 5.32 Å². The fourth-order valence-corrected chi connectivity index (χ4v) is 2.65. The molecule has 19 heavy (non-hydrogen) atoms. The Morgan fingerprint density at radius 2 is 1.95 bits per heavy atom. The average Bonchev–Trinajstić information content (AvgIpc) is 2.65. The first kappa shape index (κ1) is 14.1. The molecular weight excluding hydrogens is 236 g/mol. The van der Waals surface area contributed by atoms with Crippen LogP contribution in [0.15, 0.2) is 30.3 Å². The van der Waals surface area contributed by atoms with Gasteiger partial charge in [0.15, 0.2) is 0 Å². The second-order valence-electron chi connectivity index (χ2n) is 5.80. The minimum absolute atomic E-state index is 0.0195. The lowest BCUT2D eigenvalue weighted by atomic mass is 10.1. The summed E-state index contributed by atoms with van der Waals surface area (Å²) in [7, 11) is 0. The summed E-state index contributed by atoms with van der Waals surface area (Å²) in [6, 6.07) is 10.3. The Kier molecular flexibility index (Phi) is 4.59. The maximum absolute atomic E-state index is 12.3. The normalized spacial score (nSPS) is 23.4. The molecule has 2 atom stereocenters. The summed E-state index contributed by atoms with van der Waals surface area (Å²) in [6.07, 6.45) is 1.99. The number of benzene rings is 1. The zero-order valence-corrected chi connectivity index (χ0v) is 12.1. The molecule has 104 valence electrons. The SMILES string of the molecule is CC(C)CN1C(=O)C(CCc2ccccc2)NC1C. The van der Waals surface area contributed by atoms with E-state index in [1.807, 2.05) is 23.1 Å². The molecule has 1 N–H and O–H groups in total. The summed E-state index contributed by atoms with van der Waals surface area (Å²) in [5, 5.41) is 3.41. The van der Waals surface area contributed by atoms with E-state index in [0.717, 1.165) is 19.4 Å². The standard InChI is InChI=1S/C16H24N2O/c1-12(2)11-18-13(3)17-15(16(18)19)10-9-14-7-5-4-6-8-14/h4-8,12-13,15,17H,9-11H2,1-3H3. The van der Waals surface area contributed by atoms with Gasteiger partial charge in [-0.1, -0.05) is 44.2 Å². The van der Waals surface area contributed by atoms with Gasteiger partial charge in [-0.05, 0) is 31.2 Å². The third-order valence-corrected chi connectivity index (χ3v) is 3.62. The monoisotopic (exact) mass is 260 g/mol. The second kappa shape index (κ2) is 6.20. The number of amides is 1. The van der Waals surface area contributed by atoms with Gasteiger partial charge in [0.1, 0.15) is 0 Å². The quantitative estimate of drug-likeness (QED) is 0.882. The van der Waals surface area contributed by atoms with Crippen molar-refractivity contribution in [3.05, 3.63) is 35.9 Å². The van der Waals surface area contributed by atoms with Crippen molar-refractivity contribution in [2.24, 2.45) is 5.92 Å². The van der Waals surface area contributed by atoms with Crippen LogP contribution in [0.5, 0.6) is 0 Å². The zero-order chi connectivity index (χ0) is 13.8. The lowest BCUT2D eigenvalue weighted by Gasteiger charge is -2.22. The van der Waals surface area contributed by atoms with E-state index in [9.17, 15) is 4.79 Å². The van der Waals surface area contributed by atoms with Crippen molar-refractivity contribution in [1.29, 1.82) is 0 Å². The van der Waals surface area contributed by atoms with Gasteiger partial charge in [0.05, 0.1) is 12.2 Å². The molecule has 1 saturated heterocycles. The molecule has 1 amide bonds. The Morgan fingerprint density at radius 1 is 1.26 bits per heavy atom. The highest BCUT2D eigenvalue weighted by molar-refractivity contribution is 5.84. The van der Waals surface area contributed by atoms with E-state index >= 15 is 0 Å². The highest BCUT2D eigenvalue weighted by atomic mass is 16.2. The number of rotatable bonds is 5. The summed E-state index contributed by atoms with van der Waals surface area (Å²) in [5.74, 6) is 0.776. The molecule has 1 aromatic rings. The molecule has 0 radical (unpaired) electrons. The van der Waals surface area contributed by atoms with Crippen molar-refractivity contribution >= 4 is 5.91 Å². The van der Waals surface area contributed by atoms with Crippen LogP contribution in [0.3, 0.4) is 0 Å². The molecule has 0 saturated carbocycles. The fourth-order valence-electron chi connectivity index (χ4n) is 2.65. The maximum atomic E-state index is 12.3.